The normalized spacial score (nSPS) is 10.1. The van der Waals surface area contributed by atoms with Crippen LogP contribution < -0.4 is 5.32 Å². The number of nitrogens with one attached hydrogen (secondary N) is 1. The summed E-state index contributed by atoms with van der Waals surface area (Å²) in [7, 11) is 0. The van der Waals surface area contributed by atoms with Gasteiger partial charge in [-0.05, 0) is 59.3 Å². The number of ketones is 1. The average Bonchev–Trinajstić information content (AvgIpc) is 2.47. The number of nitrogens with zero attached hydrogens (tertiary/aromatic N) is 1. The molecule has 0 aliphatic carbocycles. The number of carbonyl (C=O) groups excluding carboxylic acids is 2. The highest BCUT2D eigenvalue weighted by Crippen LogP contribution is 2.26. The van der Waals surface area contributed by atoms with Crippen molar-refractivity contribution < 1.29 is 14.5 Å². The van der Waals surface area contributed by atoms with E-state index >= 15 is 0 Å². The molecule has 0 radical (unpaired) electrons. The molecule has 112 valence electrons. The van der Waals surface area contributed by atoms with Gasteiger partial charge in [-0.1, -0.05) is 0 Å². The van der Waals surface area contributed by atoms with Crippen LogP contribution in [0.1, 0.15) is 27.6 Å². The fourth-order valence-corrected chi connectivity index (χ4v) is 2.18. The standard InChI is InChI=1S/C15H11BrN2O4/c1-9(19)10-2-5-12(6-3-10)17-15(20)11-4-7-13(16)14(8-11)18(21)22/h2-8H,1H3,(H,17,20). The van der Waals surface area contributed by atoms with Crippen molar-refractivity contribution in [3.05, 3.63) is 68.2 Å². The predicted molar refractivity (Wildman–Crippen MR) is 85.2 cm³/mol. The lowest BCUT2D eigenvalue weighted by molar-refractivity contribution is -0.385. The molecule has 1 amide bonds. The number of hydrogen-bond acceptors (Lipinski definition) is 4. The maximum absolute atomic E-state index is 12.1. The van der Waals surface area contributed by atoms with E-state index in [9.17, 15) is 19.7 Å². The second-order valence-corrected chi connectivity index (χ2v) is 5.37. The highest BCUT2D eigenvalue weighted by Gasteiger charge is 2.16. The first-order chi connectivity index (χ1) is 10.4. The van der Waals surface area contributed by atoms with Crippen molar-refractivity contribution in [2.75, 3.05) is 5.32 Å². The van der Waals surface area contributed by atoms with Crippen molar-refractivity contribution in [1.82, 2.24) is 0 Å². The van der Waals surface area contributed by atoms with Crippen molar-refractivity contribution in [2.24, 2.45) is 0 Å². The van der Waals surface area contributed by atoms with Gasteiger partial charge in [0.2, 0.25) is 0 Å². The molecule has 2 rings (SSSR count). The molecule has 1 N–H and O–H groups in total. The minimum atomic E-state index is -0.567. The molecule has 0 saturated carbocycles. The molecule has 2 aromatic carbocycles. The fourth-order valence-electron chi connectivity index (χ4n) is 1.79. The summed E-state index contributed by atoms with van der Waals surface area (Å²) in [5, 5.41) is 13.5. The summed E-state index contributed by atoms with van der Waals surface area (Å²) in [6, 6.07) is 10.5. The van der Waals surface area contributed by atoms with E-state index < -0.39 is 10.8 Å². The first-order valence-electron chi connectivity index (χ1n) is 6.25. The third kappa shape index (κ3) is 3.56. The number of hydrogen-bond donors (Lipinski definition) is 1. The number of nitro benzene ring substituents is 1. The third-order valence-corrected chi connectivity index (χ3v) is 3.62. The molecule has 22 heavy (non-hydrogen) atoms. The van der Waals surface area contributed by atoms with Crippen LogP contribution in [0.4, 0.5) is 11.4 Å². The maximum Gasteiger partial charge on any atom is 0.284 e. The van der Waals surface area contributed by atoms with Gasteiger partial charge in [0.25, 0.3) is 11.6 Å². The van der Waals surface area contributed by atoms with Crippen LogP contribution in [-0.4, -0.2) is 16.6 Å². The van der Waals surface area contributed by atoms with Crippen molar-refractivity contribution in [1.29, 1.82) is 0 Å². The molecule has 0 spiro atoms. The van der Waals surface area contributed by atoms with Crippen LogP contribution in [0.25, 0.3) is 0 Å². The molecular formula is C15H11BrN2O4. The fraction of sp³-hybridized carbons (Fsp3) is 0.0667. The van der Waals surface area contributed by atoms with Gasteiger partial charge < -0.3 is 5.32 Å². The van der Waals surface area contributed by atoms with E-state index in [4.69, 9.17) is 0 Å². The topological polar surface area (TPSA) is 89.3 Å². The lowest BCUT2D eigenvalue weighted by Gasteiger charge is -2.06. The Morgan fingerprint density at radius 1 is 1.09 bits per heavy atom. The smallest absolute Gasteiger partial charge is 0.284 e. The van der Waals surface area contributed by atoms with Crippen LogP contribution in [0.2, 0.25) is 0 Å². The zero-order chi connectivity index (χ0) is 16.3. The number of Topliss-reactive ketones (excluding diaryl/α,β-unsaturated/α-hetero) is 1. The quantitative estimate of drug-likeness (QED) is 0.508. The van der Waals surface area contributed by atoms with Gasteiger partial charge in [0.1, 0.15) is 0 Å². The zero-order valence-electron chi connectivity index (χ0n) is 11.5. The Morgan fingerprint density at radius 3 is 2.23 bits per heavy atom. The van der Waals surface area contributed by atoms with Gasteiger partial charge in [0, 0.05) is 22.9 Å². The second kappa shape index (κ2) is 6.48. The van der Waals surface area contributed by atoms with E-state index in [0.717, 1.165) is 0 Å². The highest BCUT2D eigenvalue weighted by molar-refractivity contribution is 9.10. The maximum atomic E-state index is 12.1. The summed E-state index contributed by atoms with van der Waals surface area (Å²) in [6.45, 7) is 1.45. The van der Waals surface area contributed by atoms with E-state index in [0.29, 0.717) is 15.7 Å². The molecular weight excluding hydrogens is 352 g/mol. The summed E-state index contributed by atoms with van der Waals surface area (Å²) >= 11 is 3.06. The van der Waals surface area contributed by atoms with E-state index in [1.807, 2.05) is 0 Å². The van der Waals surface area contributed by atoms with Gasteiger partial charge >= 0.3 is 0 Å². The summed E-state index contributed by atoms with van der Waals surface area (Å²) < 4.78 is 0.305. The minimum absolute atomic E-state index is 0.0681. The Kier molecular flexibility index (Phi) is 4.67. The van der Waals surface area contributed by atoms with Gasteiger partial charge in [0.05, 0.1) is 9.40 Å². The van der Waals surface area contributed by atoms with Gasteiger partial charge in [-0.3, -0.25) is 19.7 Å². The number of carbonyl (C=O) groups is 2. The van der Waals surface area contributed by atoms with Crippen LogP contribution in [0, 0.1) is 10.1 Å². The van der Waals surface area contributed by atoms with Crippen molar-refractivity contribution >= 4 is 39.0 Å². The summed E-state index contributed by atoms with van der Waals surface area (Å²) in [5.74, 6) is -0.535. The van der Waals surface area contributed by atoms with Gasteiger partial charge in [0.15, 0.2) is 5.78 Å². The zero-order valence-corrected chi connectivity index (χ0v) is 13.1. The molecule has 0 bridgehead atoms. The Bertz CT molecular complexity index is 757. The first kappa shape index (κ1) is 15.8. The van der Waals surface area contributed by atoms with E-state index in [1.54, 1.807) is 24.3 Å². The van der Waals surface area contributed by atoms with Crippen molar-refractivity contribution in [2.45, 2.75) is 6.92 Å². The molecule has 6 nitrogen and oxygen atoms in total. The summed E-state index contributed by atoms with van der Waals surface area (Å²) in [5.41, 5.74) is 1.03. The third-order valence-electron chi connectivity index (χ3n) is 2.95. The Balaban J connectivity index is 2.20. The second-order valence-electron chi connectivity index (χ2n) is 4.51. The number of benzene rings is 2. The van der Waals surface area contributed by atoms with Crippen LogP contribution in [-0.2, 0) is 0 Å². The predicted octanol–water partition coefficient (Wildman–Crippen LogP) is 3.81. The van der Waals surface area contributed by atoms with Crippen LogP contribution >= 0.6 is 15.9 Å². The number of anilines is 1. The monoisotopic (exact) mass is 362 g/mol. The molecule has 0 saturated heterocycles. The van der Waals surface area contributed by atoms with Gasteiger partial charge in [-0.2, -0.15) is 0 Å². The van der Waals surface area contributed by atoms with E-state index in [2.05, 4.69) is 21.2 Å². The van der Waals surface area contributed by atoms with E-state index in [1.165, 1.54) is 25.1 Å². The Hall–Kier alpha value is -2.54. The molecule has 0 aromatic heterocycles. The number of rotatable bonds is 4. The van der Waals surface area contributed by atoms with Crippen LogP contribution in [0.3, 0.4) is 0 Å². The molecule has 0 unspecified atom stereocenters. The molecule has 0 atom stereocenters. The lowest BCUT2D eigenvalue weighted by Crippen LogP contribution is -2.12. The lowest BCUT2D eigenvalue weighted by atomic mass is 10.1. The van der Waals surface area contributed by atoms with Gasteiger partial charge in [-0.25, -0.2) is 0 Å². The highest BCUT2D eigenvalue weighted by atomic mass is 79.9. The first-order valence-corrected chi connectivity index (χ1v) is 7.04. The van der Waals surface area contributed by atoms with Crippen LogP contribution in [0.15, 0.2) is 46.9 Å². The average molecular weight is 363 g/mol. The summed E-state index contributed by atoms with van der Waals surface area (Å²) in [4.78, 5) is 33.6. The summed E-state index contributed by atoms with van der Waals surface area (Å²) in [6.07, 6.45) is 0. The molecule has 0 fully saturated rings. The van der Waals surface area contributed by atoms with Crippen LogP contribution in [0.5, 0.6) is 0 Å². The number of amides is 1. The Labute approximate surface area is 134 Å². The molecule has 0 heterocycles. The SMILES string of the molecule is CC(=O)c1ccc(NC(=O)c2ccc(Br)c([N+](=O)[O-])c2)cc1. The molecule has 7 heteroatoms. The molecule has 0 aliphatic rings. The minimum Gasteiger partial charge on any atom is -0.322 e. The van der Waals surface area contributed by atoms with E-state index in [-0.39, 0.29) is 17.0 Å². The molecule has 0 aliphatic heterocycles. The van der Waals surface area contributed by atoms with Crippen molar-refractivity contribution in [3.8, 4) is 0 Å². The number of halogens is 1. The molecule has 2 aromatic rings. The van der Waals surface area contributed by atoms with Crippen molar-refractivity contribution in [3.63, 3.8) is 0 Å². The number of nitro groups is 1. The largest absolute Gasteiger partial charge is 0.322 e. The van der Waals surface area contributed by atoms with Gasteiger partial charge in [-0.15, -0.1) is 0 Å². The Morgan fingerprint density at radius 2 is 1.68 bits per heavy atom.